The lowest BCUT2D eigenvalue weighted by Gasteiger charge is -2.33. The molecular formula is C31H37F4N3O5. The van der Waals surface area contributed by atoms with Crippen LogP contribution in [0.4, 0.5) is 22.4 Å². The van der Waals surface area contributed by atoms with E-state index < -0.39 is 35.7 Å². The molecule has 2 saturated heterocycles. The van der Waals surface area contributed by atoms with Gasteiger partial charge < -0.3 is 19.4 Å². The molecule has 0 aliphatic carbocycles. The van der Waals surface area contributed by atoms with Crippen molar-refractivity contribution in [2.24, 2.45) is 11.8 Å². The number of fused-ring (bicyclic) bond motifs is 1. The Bertz CT molecular complexity index is 1330. The number of carbonyl (C=O) groups excluding carboxylic acids is 3. The summed E-state index contributed by atoms with van der Waals surface area (Å²) in [4.78, 5) is 46.8. The highest BCUT2D eigenvalue weighted by Gasteiger charge is 2.46. The van der Waals surface area contributed by atoms with Crippen LogP contribution in [0.3, 0.4) is 0 Å². The molecule has 0 N–H and O–H groups in total. The lowest BCUT2D eigenvalue weighted by molar-refractivity contribution is -0.240. The Labute approximate surface area is 248 Å². The molecule has 2 aliphatic heterocycles. The Morgan fingerprint density at radius 2 is 1.53 bits per heavy atom. The predicted octanol–water partition coefficient (Wildman–Crippen LogP) is 5.84. The summed E-state index contributed by atoms with van der Waals surface area (Å²) in [7, 11) is 0. The molecule has 2 aromatic carbocycles. The first-order chi connectivity index (χ1) is 20.0. The topological polar surface area (TPSA) is 79.4 Å². The Balaban J connectivity index is 1.49. The summed E-state index contributed by atoms with van der Waals surface area (Å²) in [6.45, 7) is 11.1. The van der Waals surface area contributed by atoms with Gasteiger partial charge in [-0.05, 0) is 81.7 Å². The lowest BCUT2D eigenvalue weighted by Crippen LogP contribution is -2.44. The quantitative estimate of drug-likeness (QED) is 0.304. The number of carbonyl (C=O) groups is 3. The summed E-state index contributed by atoms with van der Waals surface area (Å²) in [6.07, 6.45) is -6.66. The smallest absolute Gasteiger partial charge is 0.442 e. The molecule has 0 bridgehead atoms. The van der Waals surface area contributed by atoms with Gasteiger partial charge in [-0.1, -0.05) is 30.3 Å². The molecular weight excluding hydrogens is 570 g/mol. The molecule has 4 rings (SSSR count). The van der Waals surface area contributed by atoms with E-state index in [1.807, 2.05) is 36.9 Å². The third-order valence-electron chi connectivity index (χ3n) is 7.77. The van der Waals surface area contributed by atoms with Crippen LogP contribution in [0.25, 0.3) is 0 Å². The number of nitrogens with zero attached hydrogens (tertiary/aromatic N) is 3. The van der Waals surface area contributed by atoms with E-state index in [1.165, 1.54) is 32.9 Å². The summed E-state index contributed by atoms with van der Waals surface area (Å²) in [6, 6.07) is 9.54. The molecule has 2 aliphatic rings. The fourth-order valence-corrected chi connectivity index (χ4v) is 5.86. The van der Waals surface area contributed by atoms with Gasteiger partial charge in [0.15, 0.2) is 0 Å². The van der Waals surface area contributed by atoms with Crippen molar-refractivity contribution in [3.63, 3.8) is 0 Å². The zero-order chi connectivity index (χ0) is 31.7. The van der Waals surface area contributed by atoms with Gasteiger partial charge in [-0.25, -0.2) is 14.0 Å². The molecule has 3 atom stereocenters. The Hall–Kier alpha value is -3.67. The van der Waals surface area contributed by atoms with Crippen molar-refractivity contribution in [3.05, 3.63) is 70.5 Å². The van der Waals surface area contributed by atoms with Crippen molar-refractivity contribution >= 4 is 18.0 Å². The zero-order valence-electron chi connectivity index (χ0n) is 24.9. The highest BCUT2D eigenvalue weighted by molar-refractivity contribution is 5.97. The minimum absolute atomic E-state index is 0.00204. The number of aryl methyl sites for hydroxylation is 2. The van der Waals surface area contributed by atoms with Gasteiger partial charge in [0.25, 0.3) is 5.91 Å². The molecule has 12 heteroatoms. The maximum Gasteiger partial charge on any atom is 0.493 e. The van der Waals surface area contributed by atoms with Crippen molar-refractivity contribution < 1.29 is 41.5 Å². The largest absolute Gasteiger partial charge is 0.493 e. The Morgan fingerprint density at radius 1 is 0.953 bits per heavy atom. The molecule has 0 aromatic heterocycles. The number of hydroxylamine groups is 2. The minimum Gasteiger partial charge on any atom is -0.442 e. The highest BCUT2D eigenvalue weighted by atomic mass is 19.4. The number of benzene rings is 2. The molecule has 2 amide bonds. The summed E-state index contributed by atoms with van der Waals surface area (Å²) in [5.41, 5.74) is 1.60. The normalized spacial score (nSPS) is 19.6. The number of likely N-dealkylation sites (tertiary alicyclic amines) is 2. The van der Waals surface area contributed by atoms with Gasteiger partial charge in [-0.2, -0.15) is 13.2 Å². The molecule has 0 radical (unpaired) electrons. The second-order valence-electron chi connectivity index (χ2n) is 12.3. The van der Waals surface area contributed by atoms with Crippen LogP contribution in [-0.2, 0) is 14.4 Å². The van der Waals surface area contributed by atoms with Gasteiger partial charge in [-0.15, -0.1) is 5.06 Å². The number of alkyl halides is 3. The van der Waals surface area contributed by atoms with E-state index >= 15 is 0 Å². The first-order valence-electron chi connectivity index (χ1n) is 14.2. The van der Waals surface area contributed by atoms with E-state index in [0.29, 0.717) is 38.3 Å². The monoisotopic (exact) mass is 607 g/mol. The number of hydrogen-bond donors (Lipinski definition) is 0. The number of rotatable bonds is 6. The number of hydrogen-bond acceptors (Lipinski definition) is 6. The van der Waals surface area contributed by atoms with E-state index in [4.69, 9.17) is 4.74 Å². The minimum atomic E-state index is -5.38. The number of ether oxygens (including phenoxy) is 1. The summed E-state index contributed by atoms with van der Waals surface area (Å²) >= 11 is 0. The van der Waals surface area contributed by atoms with E-state index in [1.54, 1.807) is 0 Å². The first-order valence-corrected chi connectivity index (χ1v) is 14.2. The molecule has 234 valence electrons. The van der Waals surface area contributed by atoms with Gasteiger partial charge in [0.05, 0.1) is 0 Å². The molecule has 2 fully saturated rings. The zero-order valence-corrected chi connectivity index (χ0v) is 24.9. The highest BCUT2D eigenvalue weighted by Crippen LogP contribution is 2.35. The molecule has 2 heterocycles. The van der Waals surface area contributed by atoms with Crippen LogP contribution in [0, 0.1) is 31.5 Å². The van der Waals surface area contributed by atoms with Gasteiger partial charge in [0.2, 0.25) is 0 Å². The van der Waals surface area contributed by atoms with E-state index in [2.05, 4.69) is 9.74 Å². The van der Waals surface area contributed by atoms with Crippen LogP contribution in [-0.4, -0.2) is 77.3 Å². The first kappa shape index (κ1) is 32.2. The van der Waals surface area contributed by atoms with Gasteiger partial charge >= 0.3 is 18.2 Å². The molecule has 3 unspecified atom stereocenters. The molecule has 8 nitrogen and oxygen atoms in total. The van der Waals surface area contributed by atoms with Crippen LogP contribution in [0.2, 0.25) is 0 Å². The Kier molecular flexibility index (Phi) is 9.39. The maximum absolute atomic E-state index is 14.2. The molecule has 0 saturated carbocycles. The van der Waals surface area contributed by atoms with Crippen molar-refractivity contribution in [2.45, 2.75) is 58.9 Å². The third kappa shape index (κ3) is 7.84. The average Bonchev–Trinajstić information content (AvgIpc) is 3.45. The maximum atomic E-state index is 14.2. The molecule has 0 spiro atoms. The van der Waals surface area contributed by atoms with Crippen molar-refractivity contribution in [1.29, 1.82) is 0 Å². The van der Waals surface area contributed by atoms with Crippen LogP contribution >= 0.6 is 0 Å². The lowest BCUT2D eigenvalue weighted by atomic mass is 10.0. The summed E-state index contributed by atoms with van der Waals surface area (Å²) < 4.78 is 59.1. The van der Waals surface area contributed by atoms with Crippen molar-refractivity contribution in [2.75, 3.05) is 32.7 Å². The third-order valence-corrected chi connectivity index (χ3v) is 7.77. The fraction of sp³-hybridized carbons (Fsp3) is 0.516. The van der Waals surface area contributed by atoms with Gasteiger partial charge in [0.1, 0.15) is 17.5 Å². The standard InChI is InChI=1S/C31H37F4N3O5/c1-19-8-6-9-20(2)26(19)27(39)37-17-22-15-36(16-23(22)18-37)13-12-25(21-10-7-11-24(32)14-21)38(29(41)42-30(3,4)5)43-28(40)31(33,34)35/h6-11,14,22-23,25H,12-13,15-18H2,1-5H3. The number of halogens is 4. The van der Waals surface area contributed by atoms with E-state index in [0.717, 1.165) is 23.3 Å². The Morgan fingerprint density at radius 3 is 2.07 bits per heavy atom. The summed E-state index contributed by atoms with van der Waals surface area (Å²) in [5, 5.41) is 0.262. The SMILES string of the molecule is Cc1cccc(C)c1C(=O)N1CC2CN(CCC(c3cccc(F)c3)N(OC(=O)C(F)(F)F)C(=O)OC(C)(C)C)CC2C1. The predicted molar refractivity (Wildman–Crippen MR) is 149 cm³/mol. The summed E-state index contributed by atoms with van der Waals surface area (Å²) in [5.74, 6) is -2.86. The fourth-order valence-electron chi connectivity index (χ4n) is 5.86. The number of amides is 2. The second kappa shape index (κ2) is 12.5. The van der Waals surface area contributed by atoms with Gasteiger partial charge in [-0.3, -0.25) is 4.79 Å². The molecule has 43 heavy (non-hydrogen) atoms. The van der Waals surface area contributed by atoms with Crippen LogP contribution in [0.15, 0.2) is 42.5 Å². The van der Waals surface area contributed by atoms with Gasteiger partial charge in [0, 0.05) is 38.3 Å². The van der Waals surface area contributed by atoms with Crippen molar-refractivity contribution in [3.8, 4) is 0 Å². The van der Waals surface area contributed by atoms with E-state index in [-0.39, 0.29) is 34.8 Å². The van der Waals surface area contributed by atoms with Crippen LogP contribution < -0.4 is 0 Å². The second-order valence-corrected chi connectivity index (χ2v) is 12.3. The van der Waals surface area contributed by atoms with Crippen LogP contribution in [0.1, 0.15) is 60.3 Å². The molecule has 2 aromatic rings. The van der Waals surface area contributed by atoms with Crippen LogP contribution in [0.5, 0.6) is 0 Å². The van der Waals surface area contributed by atoms with E-state index in [9.17, 15) is 31.9 Å². The van der Waals surface area contributed by atoms with Crippen molar-refractivity contribution in [1.82, 2.24) is 14.9 Å². The average molecular weight is 608 g/mol.